The number of benzene rings is 2. The van der Waals surface area contributed by atoms with E-state index in [1.807, 2.05) is 30.3 Å². The Bertz CT molecular complexity index is 581. The van der Waals surface area contributed by atoms with Gasteiger partial charge in [0.25, 0.3) is 0 Å². The van der Waals surface area contributed by atoms with Gasteiger partial charge < -0.3 is 15.2 Å². The molecule has 0 fully saturated rings. The summed E-state index contributed by atoms with van der Waals surface area (Å²) in [5.74, 6) is 0.0675. The largest absolute Gasteiger partial charge is 0.497 e. The zero-order chi connectivity index (χ0) is 13.7. The number of aliphatic carboxylic acids is 1. The molecule has 4 nitrogen and oxygen atoms in total. The third-order valence-corrected chi connectivity index (χ3v) is 2.96. The molecule has 4 heteroatoms. The summed E-state index contributed by atoms with van der Waals surface area (Å²) in [7, 11) is 1.65. The molecule has 0 saturated heterocycles. The fourth-order valence-corrected chi connectivity index (χ4v) is 1.94. The molecule has 0 bridgehead atoms. The minimum atomic E-state index is -0.780. The average Bonchev–Trinajstić information content (AvgIpc) is 2.42. The van der Waals surface area contributed by atoms with Crippen molar-refractivity contribution < 1.29 is 14.6 Å². The molecule has 2 aromatic carbocycles. The van der Waals surface area contributed by atoms with Crippen LogP contribution in [0.25, 0.3) is 10.8 Å². The van der Waals surface area contributed by atoms with Crippen LogP contribution in [0, 0.1) is 0 Å². The summed E-state index contributed by atoms with van der Waals surface area (Å²) in [4.78, 5) is 10.4. The first kappa shape index (κ1) is 13.4. The molecule has 19 heavy (non-hydrogen) atoms. The molecular weight excluding hydrogens is 242 g/mol. The molecule has 0 aliphatic heterocycles. The first-order valence-electron chi connectivity index (χ1n) is 6.18. The Labute approximate surface area is 112 Å². The van der Waals surface area contributed by atoms with E-state index in [1.165, 1.54) is 0 Å². The number of fused-ring (bicyclic) bond motifs is 1. The van der Waals surface area contributed by atoms with Crippen LogP contribution in [0.3, 0.4) is 0 Å². The summed E-state index contributed by atoms with van der Waals surface area (Å²) in [5, 5.41) is 13.9. The van der Waals surface area contributed by atoms with E-state index in [-0.39, 0.29) is 6.42 Å². The molecule has 0 amide bonds. The van der Waals surface area contributed by atoms with Gasteiger partial charge in [0.15, 0.2) is 0 Å². The van der Waals surface area contributed by atoms with Gasteiger partial charge in [0, 0.05) is 13.1 Å². The van der Waals surface area contributed by atoms with Gasteiger partial charge in [-0.1, -0.05) is 18.2 Å². The van der Waals surface area contributed by atoms with Crippen molar-refractivity contribution in [3.8, 4) is 5.75 Å². The van der Waals surface area contributed by atoms with Gasteiger partial charge >= 0.3 is 5.97 Å². The van der Waals surface area contributed by atoms with E-state index in [0.29, 0.717) is 13.1 Å². The maximum Gasteiger partial charge on any atom is 0.304 e. The zero-order valence-corrected chi connectivity index (χ0v) is 10.8. The van der Waals surface area contributed by atoms with Gasteiger partial charge in [0.05, 0.1) is 13.5 Å². The number of methoxy groups -OCH3 is 1. The Kier molecular flexibility index (Phi) is 4.36. The summed E-state index contributed by atoms with van der Waals surface area (Å²) >= 11 is 0. The highest BCUT2D eigenvalue weighted by Crippen LogP contribution is 2.21. The van der Waals surface area contributed by atoms with Gasteiger partial charge in [-0.2, -0.15) is 0 Å². The minimum Gasteiger partial charge on any atom is -0.497 e. The maximum atomic E-state index is 10.4. The summed E-state index contributed by atoms with van der Waals surface area (Å²) in [6, 6.07) is 12.1. The molecule has 2 rings (SSSR count). The summed E-state index contributed by atoms with van der Waals surface area (Å²) in [6.07, 6.45) is 0.144. The molecule has 0 spiro atoms. The van der Waals surface area contributed by atoms with Crippen molar-refractivity contribution in [3.63, 3.8) is 0 Å². The van der Waals surface area contributed by atoms with Crippen molar-refractivity contribution in [1.82, 2.24) is 5.32 Å². The van der Waals surface area contributed by atoms with Gasteiger partial charge in [-0.3, -0.25) is 4.79 Å². The summed E-state index contributed by atoms with van der Waals surface area (Å²) in [6.45, 7) is 1.16. The minimum absolute atomic E-state index is 0.144. The molecular formula is C15H17NO3. The van der Waals surface area contributed by atoms with E-state index in [1.54, 1.807) is 7.11 Å². The van der Waals surface area contributed by atoms with E-state index < -0.39 is 5.97 Å². The molecule has 0 atom stereocenters. The van der Waals surface area contributed by atoms with Crippen LogP contribution in [0.2, 0.25) is 0 Å². The maximum absolute atomic E-state index is 10.4. The van der Waals surface area contributed by atoms with Crippen LogP contribution in [0.15, 0.2) is 36.4 Å². The second-order valence-corrected chi connectivity index (χ2v) is 4.37. The van der Waals surface area contributed by atoms with E-state index >= 15 is 0 Å². The smallest absolute Gasteiger partial charge is 0.304 e. The Morgan fingerprint density at radius 2 is 1.95 bits per heavy atom. The van der Waals surface area contributed by atoms with Crippen molar-refractivity contribution in [2.75, 3.05) is 13.7 Å². The Morgan fingerprint density at radius 3 is 2.68 bits per heavy atom. The number of carboxylic acids is 1. The zero-order valence-electron chi connectivity index (χ0n) is 10.8. The van der Waals surface area contributed by atoms with Gasteiger partial charge in [-0.05, 0) is 34.5 Å². The molecule has 0 radical (unpaired) electrons. The summed E-state index contributed by atoms with van der Waals surface area (Å²) < 4.78 is 5.19. The quantitative estimate of drug-likeness (QED) is 0.782. The lowest BCUT2D eigenvalue weighted by atomic mass is 10.1. The van der Waals surface area contributed by atoms with Crippen molar-refractivity contribution in [3.05, 3.63) is 42.0 Å². The average molecular weight is 259 g/mol. The number of hydrogen-bond acceptors (Lipinski definition) is 3. The van der Waals surface area contributed by atoms with Crippen molar-refractivity contribution in [1.29, 1.82) is 0 Å². The third-order valence-electron chi connectivity index (χ3n) is 2.96. The lowest BCUT2D eigenvalue weighted by molar-refractivity contribution is -0.136. The molecule has 0 unspecified atom stereocenters. The van der Waals surface area contributed by atoms with Gasteiger partial charge in [-0.15, -0.1) is 0 Å². The Balaban J connectivity index is 2.03. The molecule has 0 heterocycles. The second kappa shape index (κ2) is 6.20. The number of hydrogen-bond donors (Lipinski definition) is 2. The monoisotopic (exact) mass is 259 g/mol. The normalized spacial score (nSPS) is 10.6. The molecule has 0 aliphatic rings. The Hall–Kier alpha value is -2.07. The number of carboxylic acid groups (broad SMARTS) is 1. The fraction of sp³-hybridized carbons (Fsp3) is 0.267. The first-order chi connectivity index (χ1) is 9.19. The van der Waals surface area contributed by atoms with Gasteiger partial charge in [0.2, 0.25) is 0 Å². The molecule has 0 saturated carbocycles. The van der Waals surface area contributed by atoms with E-state index in [0.717, 1.165) is 22.1 Å². The molecule has 100 valence electrons. The van der Waals surface area contributed by atoms with Crippen LogP contribution in [-0.4, -0.2) is 24.7 Å². The molecule has 2 N–H and O–H groups in total. The Morgan fingerprint density at radius 1 is 1.21 bits per heavy atom. The highest BCUT2D eigenvalue weighted by Gasteiger charge is 2.00. The topological polar surface area (TPSA) is 58.6 Å². The highest BCUT2D eigenvalue weighted by atomic mass is 16.5. The van der Waals surface area contributed by atoms with E-state index in [4.69, 9.17) is 9.84 Å². The van der Waals surface area contributed by atoms with Gasteiger partial charge in [0.1, 0.15) is 5.75 Å². The first-order valence-corrected chi connectivity index (χ1v) is 6.18. The van der Waals surface area contributed by atoms with Crippen LogP contribution in [0.1, 0.15) is 12.0 Å². The predicted molar refractivity (Wildman–Crippen MR) is 74.5 cm³/mol. The van der Waals surface area contributed by atoms with Gasteiger partial charge in [-0.25, -0.2) is 0 Å². The van der Waals surface area contributed by atoms with Crippen LogP contribution in [-0.2, 0) is 11.3 Å². The van der Waals surface area contributed by atoms with Crippen LogP contribution in [0.5, 0.6) is 5.75 Å². The third kappa shape index (κ3) is 3.69. The molecule has 2 aromatic rings. The van der Waals surface area contributed by atoms with Crippen LogP contribution < -0.4 is 10.1 Å². The fourth-order valence-electron chi connectivity index (χ4n) is 1.94. The van der Waals surface area contributed by atoms with Crippen molar-refractivity contribution >= 4 is 16.7 Å². The van der Waals surface area contributed by atoms with Crippen LogP contribution in [0.4, 0.5) is 0 Å². The number of carbonyl (C=O) groups is 1. The lowest BCUT2D eigenvalue weighted by Gasteiger charge is -2.06. The SMILES string of the molecule is COc1ccc2cc(CNCCC(=O)O)ccc2c1. The number of rotatable bonds is 6. The van der Waals surface area contributed by atoms with Crippen LogP contribution >= 0.6 is 0 Å². The number of nitrogens with one attached hydrogen (secondary N) is 1. The lowest BCUT2D eigenvalue weighted by Crippen LogP contribution is -2.17. The van der Waals surface area contributed by atoms with E-state index in [2.05, 4.69) is 11.4 Å². The number of ether oxygens (including phenoxy) is 1. The highest BCUT2D eigenvalue weighted by molar-refractivity contribution is 5.84. The second-order valence-electron chi connectivity index (χ2n) is 4.37. The predicted octanol–water partition coefficient (Wildman–Crippen LogP) is 2.41. The standard InChI is InChI=1S/C15H17NO3/c1-19-14-5-4-12-8-11(2-3-13(12)9-14)10-16-7-6-15(17)18/h2-5,8-9,16H,6-7,10H2,1H3,(H,17,18). The molecule has 0 aliphatic carbocycles. The summed E-state index contributed by atoms with van der Waals surface area (Å²) in [5.41, 5.74) is 1.14. The molecule has 0 aromatic heterocycles. The van der Waals surface area contributed by atoms with Crippen molar-refractivity contribution in [2.45, 2.75) is 13.0 Å². The van der Waals surface area contributed by atoms with Crippen molar-refractivity contribution in [2.24, 2.45) is 0 Å². The van der Waals surface area contributed by atoms with E-state index in [9.17, 15) is 4.79 Å².